The van der Waals surface area contributed by atoms with Crippen LogP contribution in [-0.2, 0) is 7.81 Å². The van der Waals surface area contributed by atoms with Crippen molar-refractivity contribution >= 4 is 18.8 Å². The van der Waals surface area contributed by atoms with E-state index in [0.717, 1.165) is 13.2 Å². The van der Waals surface area contributed by atoms with E-state index >= 15 is 0 Å². The Balaban J connectivity index is 2.31. The quantitative estimate of drug-likeness (QED) is 0.702. The standard InChI is InChI=1S/C5H9O2.3C2H5.Sn/c6-4-5-2-1-3-7-5;3*1-2;/h5H,1-4H2;3*1H2,2H3;/q-1;;;;+1. The van der Waals surface area contributed by atoms with E-state index in [1.807, 2.05) is 0 Å². The Labute approximate surface area is 92.8 Å². The number of ether oxygens (including phenoxy) is 1. The number of hydrogen-bond donors (Lipinski definition) is 0. The van der Waals surface area contributed by atoms with Crippen molar-refractivity contribution in [2.45, 2.75) is 53.0 Å². The third kappa shape index (κ3) is 3.38. The van der Waals surface area contributed by atoms with Crippen LogP contribution in [0, 0.1) is 0 Å². The Morgan fingerprint density at radius 1 is 1.21 bits per heavy atom. The van der Waals surface area contributed by atoms with E-state index in [0.29, 0.717) is 6.10 Å². The molecule has 0 aromatic rings. The van der Waals surface area contributed by atoms with Crippen molar-refractivity contribution in [2.75, 3.05) is 13.2 Å². The van der Waals surface area contributed by atoms with Crippen LogP contribution in [0.3, 0.4) is 0 Å². The van der Waals surface area contributed by atoms with Gasteiger partial charge in [0.15, 0.2) is 0 Å². The molecular formula is C11H24O2Sn. The maximum absolute atomic E-state index is 6.25. The van der Waals surface area contributed by atoms with E-state index in [9.17, 15) is 0 Å². The van der Waals surface area contributed by atoms with Gasteiger partial charge in [0, 0.05) is 0 Å². The van der Waals surface area contributed by atoms with Gasteiger partial charge in [-0.1, -0.05) is 0 Å². The Kier molecular flexibility index (Phi) is 5.78. The Bertz CT molecular complexity index is 143. The summed E-state index contributed by atoms with van der Waals surface area (Å²) in [7, 11) is 0. The topological polar surface area (TPSA) is 18.5 Å². The van der Waals surface area contributed by atoms with E-state index in [2.05, 4.69) is 20.8 Å². The molecule has 0 aliphatic carbocycles. The first-order chi connectivity index (χ1) is 6.76. The van der Waals surface area contributed by atoms with Gasteiger partial charge < -0.3 is 0 Å². The zero-order valence-corrected chi connectivity index (χ0v) is 12.7. The molecule has 1 fully saturated rings. The van der Waals surface area contributed by atoms with E-state index in [4.69, 9.17) is 7.81 Å². The van der Waals surface area contributed by atoms with Crippen molar-refractivity contribution < 1.29 is 7.81 Å². The second kappa shape index (κ2) is 6.33. The van der Waals surface area contributed by atoms with Gasteiger partial charge in [-0.2, -0.15) is 0 Å². The average molecular weight is 307 g/mol. The summed E-state index contributed by atoms with van der Waals surface area (Å²) >= 11 is -2.12. The van der Waals surface area contributed by atoms with Crippen molar-refractivity contribution in [2.24, 2.45) is 0 Å². The predicted molar refractivity (Wildman–Crippen MR) is 62.1 cm³/mol. The van der Waals surface area contributed by atoms with Crippen LogP contribution in [-0.4, -0.2) is 38.1 Å². The van der Waals surface area contributed by atoms with Gasteiger partial charge in [0.05, 0.1) is 0 Å². The van der Waals surface area contributed by atoms with Crippen molar-refractivity contribution in [1.29, 1.82) is 0 Å². The molecule has 1 saturated heterocycles. The summed E-state index contributed by atoms with van der Waals surface area (Å²) in [6.45, 7) is 8.74. The van der Waals surface area contributed by atoms with Crippen molar-refractivity contribution in [3.63, 3.8) is 0 Å². The first kappa shape index (κ1) is 12.8. The minimum absolute atomic E-state index is 0.413. The molecule has 14 heavy (non-hydrogen) atoms. The van der Waals surface area contributed by atoms with Gasteiger partial charge in [0.1, 0.15) is 0 Å². The van der Waals surface area contributed by atoms with Crippen LogP contribution >= 0.6 is 0 Å². The van der Waals surface area contributed by atoms with E-state index in [1.165, 1.54) is 26.2 Å². The summed E-state index contributed by atoms with van der Waals surface area (Å²) < 4.78 is 15.8. The van der Waals surface area contributed by atoms with E-state index < -0.39 is 18.8 Å². The zero-order valence-electron chi connectivity index (χ0n) is 9.84. The van der Waals surface area contributed by atoms with Crippen molar-refractivity contribution in [3.8, 4) is 0 Å². The molecule has 84 valence electrons. The molecule has 0 aromatic heterocycles. The molecule has 3 heteroatoms. The Morgan fingerprint density at radius 2 is 1.86 bits per heavy atom. The molecule has 1 rings (SSSR count). The fourth-order valence-corrected chi connectivity index (χ4v) is 9.67. The molecule has 1 atom stereocenters. The summed E-state index contributed by atoms with van der Waals surface area (Å²) in [4.78, 5) is 0. The molecular weight excluding hydrogens is 283 g/mol. The molecule has 0 radical (unpaired) electrons. The van der Waals surface area contributed by atoms with Gasteiger partial charge >= 0.3 is 92.8 Å². The summed E-state index contributed by atoms with van der Waals surface area (Å²) in [5.74, 6) is 0. The average Bonchev–Trinajstić information content (AvgIpc) is 2.74. The molecule has 1 aliphatic heterocycles. The summed E-state index contributed by atoms with van der Waals surface area (Å²) in [6, 6.07) is 0. The third-order valence-corrected chi connectivity index (χ3v) is 16.8. The zero-order chi connectivity index (χ0) is 10.4. The molecule has 0 aromatic carbocycles. The van der Waals surface area contributed by atoms with Gasteiger partial charge in [0.25, 0.3) is 0 Å². The molecule has 2 nitrogen and oxygen atoms in total. The van der Waals surface area contributed by atoms with Crippen molar-refractivity contribution in [1.82, 2.24) is 0 Å². The van der Waals surface area contributed by atoms with Gasteiger partial charge in [-0.25, -0.2) is 0 Å². The molecule has 1 unspecified atom stereocenters. The van der Waals surface area contributed by atoms with Crippen LogP contribution in [0.2, 0.25) is 13.3 Å². The molecule has 0 N–H and O–H groups in total. The van der Waals surface area contributed by atoms with E-state index in [-0.39, 0.29) is 0 Å². The fraction of sp³-hybridized carbons (Fsp3) is 1.00. The first-order valence-corrected chi connectivity index (χ1v) is 13.2. The fourth-order valence-electron chi connectivity index (χ4n) is 2.10. The van der Waals surface area contributed by atoms with Crippen LogP contribution in [0.4, 0.5) is 0 Å². The van der Waals surface area contributed by atoms with Gasteiger partial charge in [-0.05, 0) is 0 Å². The molecule has 0 bridgehead atoms. The van der Waals surface area contributed by atoms with Gasteiger partial charge in [-0.15, -0.1) is 0 Å². The molecule has 1 aliphatic rings. The van der Waals surface area contributed by atoms with Crippen LogP contribution < -0.4 is 0 Å². The monoisotopic (exact) mass is 308 g/mol. The molecule has 1 heterocycles. The molecule has 0 amide bonds. The summed E-state index contributed by atoms with van der Waals surface area (Å²) in [5, 5.41) is 0. The van der Waals surface area contributed by atoms with Crippen LogP contribution in [0.5, 0.6) is 0 Å². The Hall–Kier alpha value is 0.719. The van der Waals surface area contributed by atoms with E-state index in [1.54, 1.807) is 0 Å². The maximum atomic E-state index is 6.25. The Morgan fingerprint density at radius 3 is 2.29 bits per heavy atom. The molecule has 0 saturated carbocycles. The first-order valence-electron chi connectivity index (χ1n) is 6.02. The summed E-state index contributed by atoms with van der Waals surface area (Å²) in [5.41, 5.74) is 0. The SMILES string of the molecule is C[CH2][Sn]([CH2]C)([CH2]C)[O]CC1CCCO1. The van der Waals surface area contributed by atoms with Crippen molar-refractivity contribution in [3.05, 3.63) is 0 Å². The van der Waals surface area contributed by atoms with Gasteiger partial charge in [0.2, 0.25) is 0 Å². The third-order valence-electron chi connectivity index (χ3n) is 3.53. The number of hydrogen-bond acceptors (Lipinski definition) is 2. The second-order valence-corrected chi connectivity index (χ2v) is 17.8. The second-order valence-electron chi connectivity index (χ2n) is 4.19. The summed E-state index contributed by atoms with van der Waals surface area (Å²) in [6.07, 6.45) is 2.84. The van der Waals surface area contributed by atoms with Crippen LogP contribution in [0.25, 0.3) is 0 Å². The van der Waals surface area contributed by atoms with Gasteiger partial charge in [-0.3, -0.25) is 0 Å². The molecule has 0 spiro atoms. The predicted octanol–water partition coefficient (Wildman–Crippen LogP) is 3.19. The number of rotatable bonds is 6. The minimum atomic E-state index is -2.12. The van der Waals surface area contributed by atoms with Crippen LogP contribution in [0.1, 0.15) is 33.6 Å². The van der Waals surface area contributed by atoms with Crippen LogP contribution in [0.15, 0.2) is 0 Å². The normalized spacial score (nSPS) is 22.9.